The van der Waals surface area contributed by atoms with Gasteiger partial charge < -0.3 is 15.7 Å². The second-order valence-electron chi connectivity index (χ2n) is 3.72. The lowest BCUT2D eigenvalue weighted by molar-refractivity contribution is -0.137. The zero-order valence-electron chi connectivity index (χ0n) is 9.78. The second kappa shape index (κ2) is 7.39. The van der Waals surface area contributed by atoms with E-state index in [0.29, 0.717) is 6.54 Å². The number of rotatable bonds is 7. The molecule has 1 amide bonds. The first-order valence-corrected chi connectivity index (χ1v) is 5.51. The number of hydrogen-bond acceptors (Lipinski definition) is 3. The first-order valence-electron chi connectivity index (χ1n) is 5.51. The third kappa shape index (κ3) is 5.95. The van der Waals surface area contributed by atoms with Crippen LogP contribution in [0.2, 0.25) is 0 Å². The normalized spacial score (nSPS) is 10.1. The van der Waals surface area contributed by atoms with Crippen molar-refractivity contribution in [1.29, 1.82) is 0 Å². The van der Waals surface area contributed by atoms with Crippen molar-refractivity contribution in [3.8, 4) is 0 Å². The predicted octanol–water partition coefficient (Wildman–Crippen LogP) is 0.506. The number of carboxylic acids is 1. The summed E-state index contributed by atoms with van der Waals surface area (Å²) in [6.07, 6.45) is -0.0226. The minimum Gasteiger partial charge on any atom is -0.481 e. The Balaban J connectivity index is 2.17. The fraction of sp³-hybridized carbons (Fsp3) is 0.333. The molecule has 0 radical (unpaired) electrons. The third-order valence-corrected chi connectivity index (χ3v) is 2.20. The van der Waals surface area contributed by atoms with Crippen LogP contribution in [0.3, 0.4) is 0 Å². The van der Waals surface area contributed by atoms with Crippen LogP contribution < -0.4 is 10.6 Å². The fourth-order valence-electron chi connectivity index (χ4n) is 1.26. The maximum atomic E-state index is 12.6. The number of halogens is 1. The first kappa shape index (κ1) is 14.1. The summed E-state index contributed by atoms with van der Waals surface area (Å²) in [5.74, 6) is -1.46. The van der Waals surface area contributed by atoms with Gasteiger partial charge in [-0.15, -0.1) is 0 Å². The molecule has 0 aliphatic heterocycles. The number of aliphatic carboxylic acids is 1. The van der Waals surface area contributed by atoms with E-state index in [0.717, 1.165) is 5.56 Å². The second-order valence-corrected chi connectivity index (χ2v) is 3.72. The van der Waals surface area contributed by atoms with Crippen molar-refractivity contribution in [2.45, 2.75) is 13.0 Å². The summed E-state index contributed by atoms with van der Waals surface area (Å²) in [7, 11) is 0. The number of nitrogens with one attached hydrogen (secondary N) is 2. The lowest BCUT2D eigenvalue weighted by Crippen LogP contribution is -2.34. The van der Waals surface area contributed by atoms with Gasteiger partial charge in [-0.2, -0.15) is 0 Å². The van der Waals surface area contributed by atoms with Crippen LogP contribution in [0.1, 0.15) is 12.0 Å². The van der Waals surface area contributed by atoms with E-state index in [2.05, 4.69) is 10.6 Å². The zero-order valence-corrected chi connectivity index (χ0v) is 9.78. The fourth-order valence-corrected chi connectivity index (χ4v) is 1.26. The average Bonchev–Trinajstić information content (AvgIpc) is 2.34. The molecule has 0 saturated carbocycles. The smallest absolute Gasteiger partial charge is 0.304 e. The lowest BCUT2D eigenvalue weighted by Gasteiger charge is -2.06. The van der Waals surface area contributed by atoms with Crippen molar-refractivity contribution in [1.82, 2.24) is 10.6 Å². The molecular weight excluding hydrogens is 239 g/mol. The summed E-state index contributed by atoms with van der Waals surface area (Å²) in [5.41, 5.74) is 0.801. The Hall–Kier alpha value is -1.95. The van der Waals surface area contributed by atoms with Gasteiger partial charge in [-0.05, 0) is 17.7 Å². The molecule has 3 N–H and O–H groups in total. The molecule has 98 valence electrons. The molecule has 0 fully saturated rings. The summed E-state index contributed by atoms with van der Waals surface area (Å²) >= 11 is 0. The minimum atomic E-state index is -0.908. The SMILES string of the molecule is O=C(O)CCNCC(=O)NCc1ccc(F)cc1. The van der Waals surface area contributed by atoms with E-state index in [4.69, 9.17) is 5.11 Å². The molecule has 0 aliphatic carbocycles. The highest BCUT2D eigenvalue weighted by Gasteiger charge is 2.02. The van der Waals surface area contributed by atoms with Gasteiger partial charge in [0.25, 0.3) is 0 Å². The Morgan fingerprint density at radius 3 is 2.50 bits per heavy atom. The number of carboxylic acid groups (broad SMARTS) is 1. The van der Waals surface area contributed by atoms with Crippen LogP contribution in [0.25, 0.3) is 0 Å². The molecule has 0 atom stereocenters. The van der Waals surface area contributed by atoms with Gasteiger partial charge in [0.2, 0.25) is 5.91 Å². The predicted molar refractivity (Wildman–Crippen MR) is 63.4 cm³/mol. The molecule has 0 aliphatic rings. The summed E-state index contributed by atoms with van der Waals surface area (Å²) in [5, 5.41) is 13.7. The monoisotopic (exact) mass is 254 g/mol. The number of carbonyl (C=O) groups excluding carboxylic acids is 1. The van der Waals surface area contributed by atoms with Gasteiger partial charge in [0.05, 0.1) is 13.0 Å². The lowest BCUT2D eigenvalue weighted by atomic mass is 10.2. The number of amides is 1. The Labute approximate surface area is 104 Å². The largest absolute Gasteiger partial charge is 0.481 e. The standard InChI is InChI=1S/C12H15FN2O3/c13-10-3-1-9(2-4-10)7-15-11(16)8-14-6-5-12(17)18/h1-4,14H,5-8H2,(H,15,16)(H,17,18). The summed E-state index contributed by atoms with van der Waals surface area (Å²) in [6.45, 7) is 0.632. The maximum Gasteiger partial charge on any atom is 0.304 e. The van der Waals surface area contributed by atoms with Gasteiger partial charge >= 0.3 is 5.97 Å². The Kier molecular flexibility index (Phi) is 5.79. The van der Waals surface area contributed by atoms with E-state index in [-0.39, 0.29) is 31.2 Å². The van der Waals surface area contributed by atoms with Crippen molar-refractivity contribution < 1.29 is 19.1 Å². The number of benzene rings is 1. The van der Waals surface area contributed by atoms with Crippen LogP contribution in [-0.2, 0) is 16.1 Å². The molecule has 0 aromatic heterocycles. The molecule has 0 bridgehead atoms. The molecule has 1 aromatic carbocycles. The van der Waals surface area contributed by atoms with Crippen molar-refractivity contribution in [3.05, 3.63) is 35.6 Å². The van der Waals surface area contributed by atoms with Crippen molar-refractivity contribution in [3.63, 3.8) is 0 Å². The van der Waals surface area contributed by atoms with E-state index >= 15 is 0 Å². The molecule has 6 heteroatoms. The first-order chi connectivity index (χ1) is 8.58. The van der Waals surface area contributed by atoms with Crippen molar-refractivity contribution in [2.24, 2.45) is 0 Å². The van der Waals surface area contributed by atoms with Crippen LogP contribution >= 0.6 is 0 Å². The van der Waals surface area contributed by atoms with Crippen LogP contribution in [-0.4, -0.2) is 30.1 Å². The minimum absolute atomic E-state index is 0.0226. The van der Waals surface area contributed by atoms with E-state index in [1.807, 2.05) is 0 Å². The summed E-state index contributed by atoms with van der Waals surface area (Å²) in [6, 6.07) is 5.83. The highest BCUT2D eigenvalue weighted by molar-refractivity contribution is 5.78. The van der Waals surface area contributed by atoms with Gasteiger partial charge in [0.1, 0.15) is 5.82 Å². The van der Waals surface area contributed by atoms with Crippen LogP contribution in [0, 0.1) is 5.82 Å². The quantitative estimate of drug-likeness (QED) is 0.619. The highest BCUT2D eigenvalue weighted by atomic mass is 19.1. The maximum absolute atomic E-state index is 12.6. The van der Waals surface area contributed by atoms with Crippen LogP contribution in [0.5, 0.6) is 0 Å². The van der Waals surface area contributed by atoms with E-state index in [9.17, 15) is 14.0 Å². The van der Waals surface area contributed by atoms with Crippen molar-refractivity contribution in [2.75, 3.05) is 13.1 Å². The third-order valence-electron chi connectivity index (χ3n) is 2.20. The zero-order chi connectivity index (χ0) is 13.4. The van der Waals surface area contributed by atoms with Gasteiger partial charge in [-0.25, -0.2) is 4.39 Å². The topological polar surface area (TPSA) is 78.4 Å². The Bertz CT molecular complexity index is 406. The molecule has 18 heavy (non-hydrogen) atoms. The average molecular weight is 254 g/mol. The number of carbonyl (C=O) groups is 2. The van der Waals surface area contributed by atoms with Gasteiger partial charge in [0, 0.05) is 13.1 Å². The van der Waals surface area contributed by atoms with Crippen LogP contribution in [0.4, 0.5) is 4.39 Å². The van der Waals surface area contributed by atoms with E-state index < -0.39 is 5.97 Å². The van der Waals surface area contributed by atoms with E-state index in [1.165, 1.54) is 12.1 Å². The van der Waals surface area contributed by atoms with Crippen molar-refractivity contribution >= 4 is 11.9 Å². The molecule has 1 aromatic rings. The Morgan fingerprint density at radius 1 is 1.22 bits per heavy atom. The molecule has 0 heterocycles. The molecule has 0 saturated heterocycles. The van der Waals surface area contributed by atoms with Crippen LogP contribution in [0.15, 0.2) is 24.3 Å². The molecule has 0 unspecified atom stereocenters. The summed E-state index contributed by atoms with van der Waals surface area (Å²) in [4.78, 5) is 21.5. The molecule has 1 rings (SSSR count). The van der Waals surface area contributed by atoms with Gasteiger partial charge in [0.15, 0.2) is 0 Å². The molecule has 0 spiro atoms. The van der Waals surface area contributed by atoms with E-state index in [1.54, 1.807) is 12.1 Å². The molecule has 5 nitrogen and oxygen atoms in total. The Morgan fingerprint density at radius 2 is 1.89 bits per heavy atom. The highest BCUT2D eigenvalue weighted by Crippen LogP contribution is 2.01. The summed E-state index contributed by atoms with van der Waals surface area (Å²) < 4.78 is 12.6. The van der Waals surface area contributed by atoms with Gasteiger partial charge in [-0.3, -0.25) is 9.59 Å². The number of hydrogen-bond donors (Lipinski definition) is 3. The molecular formula is C12H15FN2O3. The van der Waals surface area contributed by atoms with Gasteiger partial charge in [-0.1, -0.05) is 12.1 Å².